The number of carbonyl (C=O) groups excluding carboxylic acids is 3. The molecule has 1 heterocycles. The van der Waals surface area contributed by atoms with Crippen molar-refractivity contribution in [3.05, 3.63) is 40.7 Å². The summed E-state index contributed by atoms with van der Waals surface area (Å²) in [5.74, 6) is -1.13. The largest absolute Gasteiger partial charge is 0.356 e. The highest BCUT2D eigenvalue weighted by Crippen LogP contribution is 2.17. The molecular weight excluding hydrogens is 409 g/mol. The quantitative estimate of drug-likeness (QED) is 0.519. The predicted molar refractivity (Wildman–Crippen MR) is 115 cm³/mol. The molecule has 0 aromatic heterocycles. The zero-order chi connectivity index (χ0) is 22.3. The number of halogens is 2. The van der Waals surface area contributed by atoms with Crippen molar-refractivity contribution in [3.63, 3.8) is 0 Å². The van der Waals surface area contributed by atoms with Crippen molar-refractivity contribution in [2.75, 3.05) is 6.54 Å². The first kappa shape index (κ1) is 23.9. The van der Waals surface area contributed by atoms with Crippen LogP contribution in [-0.4, -0.2) is 36.3 Å². The first-order chi connectivity index (χ1) is 14.2. The van der Waals surface area contributed by atoms with Crippen LogP contribution in [0.25, 0.3) is 6.08 Å². The molecule has 164 valence electrons. The van der Waals surface area contributed by atoms with Crippen LogP contribution in [0.2, 0.25) is 5.02 Å². The molecule has 3 amide bonds. The van der Waals surface area contributed by atoms with Crippen molar-refractivity contribution in [2.24, 2.45) is 11.8 Å². The average molecular weight is 438 g/mol. The first-order valence-corrected chi connectivity index (χ1v) is 10.5. The summed E-state index contributed by atoms with van der Waals surface area (Å²) in [5, 5.41) is 8.78. The van der Waals surface area contributed by atoms with Crippen LogP contribution in [0.3, 0.4) is 0 Å². The molecular formula is C22H29ClFN3O3. The van der Waals surface area contributed by atoms with E-state index in [1.54, 1.807) is 6.07 Å². The summed E-state index contributed by atoms with van der Waals surface area (Å²) in [5.41, 5.74) is 0.248. The molecule has 0 bridgehead atoms. The lowest BCUT2D eigenvalue weighted by molar-refractivity contribution is -0.125. The molecule has 1 aliphatic heterocycles. The molecule has 1 aliphatic rings. The molecule has 30 heavy (non-hydrogen) atoms. The molecule has 2 rings (SSSR count). The van der Waals surface area contributed by atoms with Gasteiger partial charge in [-0.05, 0) is 43.9 Å². The van der Waals surface area contributed by atoms with Gasteiger partial charge in [0.1, 0.15) is 5.82 Å². The smallest absolute Gasteiger partial charge is 0.244 e. The fourth-order valence-electron chi connectivity index (χ4n) is 3.38. The zero-order valence-corrected chi connectivity index (χ0v) is 18.3. The Morgan fingerprint density at radius 1 is 1.30 bits per heavy atom. The Labute approximate surface area is 181 Å². The fraction of sp³-hybridized carbons (Fsp3) is 0.500. The van der Waals surface area contributed by atoms with Gasteiger partial charge < -0.3 is 16.0 Å². The molecule has 1 aromatic rings. The van der Waals surface area contributed by atoms with Gasteiger partial charge in [0.15, 0.2) is 0 Å². The molecule has 3 unspecified atom stereocenters. The number of carbonyl (C=O) groups is 3. The van der Waals surface area contributed by atoms with E-state index in [0.717, 1.165) is 6.42 Å². The van der Waals surface area contributed by atoms with Gasteiger partial charge in [-0.15, -0.1) is 0 Å². The van der Waals surface area contributed by atoms with Gasteiger partial charge in [-0.2, -0.15) is 0 Å². The summed E-state index contributed by atoms with van der Waals surface area (Å²) in [7, 11) is 0. The third kappa shape index (κ3) is 7.44. The highest BCUT2D eigenvalue weighted by atomic mass is 35.5. The maximum atomic E-state index is 13.8. The summed E-state index contributed by atoms with van der Waals surface area (Å²) >= 11 is 5.72. The van der Waals surface area contributed by atoms with Crippen molar-refractivity contribution in [2.45, 2.75) is 52.1 Å². The Morgan fingerprint density at radius 3 is 2.63 bits per heavy atom. The molecule has 3 atom stereocenters. The van der Waals surface area contributed by atoms with E-state index in [-0.39, 0.29) is 52.7 Å². The number of rotatable bonds is 9. The molecule has 0 spiro atoms. The molecule has 1 saturated heterocycles. The molecule has 8 heteroatoms. The second-order valence-corrected chi connectivity index (χ2v) is 8.48. The van der Waals surface area contributed by atoms with Crippen LogP contribution in [0.1, 0.15) is 45.6 Å². The minimum Gasteiger partial charge on any atom is -0.356 e. The van der Waals surface area contributed by atoms with E-state index >= 15 is 0 Å². The number of hydrogen-bond donors (Lipinski definition) is 3. The van der Waals surface area contributed by atoms with Gasteiger partial charge in [-0.3, -0.25) is 14.4 Å². The van der Waals surface area contributed by atoms with Crippen LogP contribution in [-0.2, 0) is 14.4 Å². The highest BCUT2D eigenvalue weighted by Gasteiger charge is 2.27. The zero-order valence-electron chi connectivity index (χ0n) is 17.5. The van der Waals surface area contributed by atoms with Gasteiger partial charge in [-0.1, -0.05) is 31.5 Å². The van der Waals surface area contributed by atoms with Gasteiger partial charge in [0.2, 0.25) is 17.7 Å². The van der Waals surface area contributed by atoms with E-state index in [1.807, 2.05) is 20.8 Å². The first-order valence-electron chi connectivity index (χ1n) is 10.2. The lowest BCUT2D eigenvalue weighted by Gasteiger charge is -2.23. The molecule has 6 nitrogen and oxygen atoms in total. The average Bonchev–Trinajstić information content (AvgIpc) is 3.04. The Kier molecular flexibility index (Phi) is 8.84. The second kappa shape index (κ2) is 11.1. The Morgan fingerprint density at radius 2 is 2.03 bits per heavy atom. The van der Waals surface area contributed by atoms with Crippen LogP contribution in [0.15, 0.2) is 24.3 Å². The summed E-state index contributed by atoms with van der Waals surface area (Å²) in [6.07, 6.45) is 4.10. The fourth-order valence-corrected chi connectivity index (χ4v) is 3.53. The maximum Gasteiger partial charge on any atom is 0.244 e. The van der Waals surface area contributed by atoms with Crippen LogP contribution < -0.4 is 16.0 Å². The molecule has 1 fully saturated rings. The summed E-state index contributed by atoms with van der Waals surface area (Å²) in [6, 6.07) is 3.69. The minimum absolute atomic E-state index is 0.0243. The van der Waals surface area contributed by atoms with Crippen LogP contribution in [0.5, 0.6) is 0 Å². The van der Waals surface area contributed by atoms with E-state index in [9.17, 15) is 18.8 Å². The van der Waals surface area contributed by atoms with Gasteiger partial charge in [0.25, 0.3) is 0 Å². The van der Waals surface area contributed by atoms with Crippen molar-refractivity contribution < 1.29 is 18.8 Å². The maximum absolute atomic E-state index is 13.8. The van der Waals surface area contributed by atoms with Crippen LogP contribution in [0, 0.1) is 17.7 Å². The molecule has 0 aliphatic carbocycles. The van der Waals surface area contributed by atoms with Gasteiger partial charge >= 0.3 is 0 Å². The van der Waals surface area contributed by atoms with Crippen molar-refractivity contribution in [3.8, 4) is 0 Å². The normalized spacial score (nSPS) is 18.3. The third-order valence-corrected chi connectivity index (χ3v) is 5.36. The van der Waals surface area contributed by atoms with Gasteiger partial charge in [0, 0.05) is 47.6 Å². The minimum atomic E-state index is -0.517. The number of hydrogen-bond acceptors (Lipinski definition) is 3. The lowest BCUT2D eigenvalue weighted by Crippen LogP contribution is -2.43. The van der Waals surface area contributed by atoms with Crippen molar-refractivity contribution in [1.29, 1.82) is 0 Å². The Hall–Kier alpha value is -2.41. The second-order valence-electron chi connectivity index (χ2n) is 8.04. The predicted octanol–water partition coefficient (Wildman–Crippen LogP) is 3.05. The summed E-state index contributed by atoms with van der Waals surface area (Å²) in [6.45, 7) is 6.37. The van der Waals surface area contributed by atoms with E-state index in [0.29, 0.717) is 13.0 Å². The monoisotopic (exact) mass is 437 g/mol. The number of nitrogens with one attached hydrogen (secondary N) is 3. The van der Waals surface area contributed by atoms with Gasteiger partial charge in [0.05, 0.1) is 0 Å². The van der Waals surface area contributed by atoms with E-state index in [1.165, 1.54) is 24.3 Å². The van der Waals surface area contributed by atoms with E-state index in [2.05, 4.69) is 16.0 Å². The number of benzene rings is 1. The van der Waals surface area contributed by atoms with E-state index < -0.39 is 11.7 Å². The van der Waals surface area contributed by atoms with Gasteiger partial charge in [-0.25, -0.2) is 4.39 Å². The molecule has 1 aromatic carbocycles. The SMILES string of the molecule is CC(CC1CCNC1=O)NC(=O)CC(NC(=O)/C=C/c1ccc(Cl)cc1F)C(C)C. The van der Waals surface area contributed by atoms with E-state index in [4.69, 9.17) is 11.6 Å². The molecule has 3 N–H and O–H groups in total. The topological polar surface area (TPSA) is 87.3 Å². The van der Waals surface area contributed by atoms with Crippen LogP contribution in [0.4, 0.5) is 4.39 Å². The third-order valence-electron chi connectivity index (χ3n) is 5.12. The van der Waals surface area contributed by atoms with Crippen molar-refractivity contribution in [1.82, 2.24) is 16.0 Å². The highest BCUT2D eigenvalue weighted by molar-refractivity contribution is 6.30. The summed E-state index contributed by atoms with van der Waals surface area (Å²) < 4.78 is 13.8. The lowest BCUT2D eigenvalue weighted by atomic mass is 9.98. The molecule has 0 radical (unpaired) electrons. The Balaban J connectivity index is 1.86. The standard InChI is InChI=1S/C22H29ClFN3O3/c1-13(2)19(12-21(29)26-14(3)10-16-8-9-25-22(16)30)27-20(28)7-5-15-4-6-17(23)11-18(15)24/h4-7,11,13-14,16,19H,8-10,12H2,1-3H3,(H,25,30)(H,26,29)(H,27,28)/b7-5+. The van der Waals surface area contributed by atoms with Crippen LogP contribution >= 0.6 is 11.6 Å². The Bertz CT molecular complexity index is 813. The molecule has 0 saturated carbocycles. The summed E-state index contributed by atoms with van der Waals surface area (Å²) in [4.78, 5) is 36.4. The van der Waals surface area contributed by atoms with Crippen molar-refractivity contribution >= 4 is 35.4 Å². The number of amides is 3.